The van der Waals surface area contributed by atoms with Crippen molar-refractivity contribution in [3.63, 3.8) is 0 Å². The summed E-state index contributed by atoms with van der Waals surface area (Å²) in [5, 5.41) is 12.3. The number of ketones is 1. The zero-order valence-corrected chi connectivity index (χ0v) is 17.5. The van der Waals surface area contributed by atoms with Crippen molar-refractivity contribution in [3.05, 3.63) is 106 Å². The Bertz CT molecular complexity index is 1190. The van der Waals surface area contributed by atoms with Crippen LogP contribution in [0.3, 0.4) is 0 Å². The number of carbonyl (C=O) groups is 1. The molecule has 0 spiro atoms. The van der Waals surface area contributed by atoms with Crippen LogP contribution in [0.25, 0.3) is 5.70 Å². The fourth-order valence-corrected chi connectivity index (χ4v) is 4.89. The third-order valence-corrected chi connectivity index (χ3v) is 6.40. The van der Waals surface area contributed by atoms with Crippen LogP contribution in [0.4, 0.5) is 5.69 Å². The van der Waals surface area contributed by atoms with Gasteiger partial charge >= 0.3 is 0 Å². The highest BCUT2D eigenvalue weighted by molar-refractivity contribution is 6.24. The van der Waals surface area contributed by atoms with Crippen molar-refractivity contribution in [2.45, 2.75) is 32.3 Å². The summed E-state index contributed by atoms with van der Waals surface area (Å²) in [6.45, 7) is 7.05. The first kappa shape index (κ1) is 18.8. The lowest BCUT2D eigenvalue weighted by Crippen LogP contribution is -2.40. The fourth-order valence-electron chi connectivity index (χ4n) is 4.89. The summed E-state index contributed by atoms with van der Waals surface area (Å²) in [4.78, 5) is 16.0. The number of hydrogen-bond acceptors (Lipinski definition) is 3. The lowest BCUT2D eigenvalue weighted by atomic mass is 9.75. The minimum atomic E-state index is -1.49. The van der Waals surface area contributed by atoms with E-state index < -0.39 is 5.60 Å². The zero-order valence-electron chi connectivity index (χ0n) is 17.5. The zero-order chi connectivity index (χ0) is 21.0. The highest BCUT2D eigenvalue weighted by Crippen LogP contribution is 2.54. The average molecular weight is 396 g/mol. The normalized spacial score (nSPS) is 19.8. The van der Waals surface area contributed by atoms with E-state index in [1.807, 2.05) is 66.7 Å². The Kier molecular flexibility index (Phi) is 4.19. The average Bonchev–Trinajstić information content (AvgIpc) is 3.07. The second-order valence-corrected chi connectivity index (χ2v) is 8.35. The molecule has 0 aromatic heterocycles. The summed E-state index contributed by atoms with van der Waals surface area (Å²) < 4.78 is 0. The first-order valence-electron chi connectivity index (χ1n) is 10.6. The Labute approximate surface area is 177 Å². The van der Waals surface area contributed by atoms with Gasteiger partial charge in [0.2, 0.25) is 0 Å². The second kappa shape index (κ2) is 6.68. The first-order chi connectivity index (χ1) is 14.5. The molecule has 0 bridgehead atoms. The maximum absolute atomic E-state index is 13.8. The number of benzene rings is 3. The molecule has 0 radical (unpaired) electrons. The molecular weight excluding hydrogens is 370 g/mol. The van der Waals surface area contributed by atoms with Crippen molar-refractivity contribution in [2.75, 3.05) is 11.4 Å². The predicted octanol–water partition coefficient (Wildman–Crippen LogP) is 5.49. The quantitative estimate of drug-likeness (QED) is 0.637. The Morgan fingerprint density at radius 2 is 1.63 bits per heavy atom. The molecule has 0 amide bonds. The molecule has 1 aliphatic carbocycles. The molecule has 1 atom stereocenters. The number of nitrogens with zero attached hydrogens (tertiary/aromatic N) is 1. The van der Waals surface area contributed by atoms with E-state index in [1.165, 1.54) is 0 Å². The van der Waals surface area contributed by atoms with Crippen molar-refractivity contribution >= 4 is 17.2 Å². The van der Waals surface area contributed by atoms with Crippen LogP contribution in [0, 0.1) is 0 Å². The van der Waals surface area contributed by atoms with Gasteiger partial charge in [-0.3, -0.25) is 4.79 Å². The largest absolute Gasteiger partial charge is 0.376 e. The third kappa shape index (κ3) is 2.39. The number of fused-ring (bicyclic) bond motifs is 3. The summed E-state index contributed by atoms with van der Waals surface area (Å²) >= 11 is 0. The highest BCUT2D eigenvalue weighted by atomic mass is 16.3. The van der Waals surface area contributed by atoms with E-state index in [0.717, 1.165) is 28.1 Å². The van der Waals surface area contributed by atoms with E-state index in [-0.39, 0.29) is 5.78 Å². The predicted molar refractivity (Wildman–Crippen MR) is 121 cm³/mol. The maximum atomic E-state index is 13.8. The van der Waals surface area contributed by atoms with Crippen molar-refractivity contribution in [1.29, 1.82) is 0 Å². The molecule has 0 saturated carbocycles. The second-order valence-electron chi connectivity index (χ2n) is 8.35. The van der Waals surface area contributed by atoms with Gasteiger partial charge < -0.3 is 10.0 Å². The Balaban J connectivity index is 1.85. The maximum Gasteiger partial charge on any atom is 0.195 e. The molecule has 1 heterocycles. The molecule has 1 aliphatic heterocycles. The van der Waals surface area contributed by atoms with Gasteiger partial charge in [0.05, 0.1) is 11.3 Å². The molecule has 3 nitrogen and oxygen atoms in total. The van der Waals surface area contributed by atoms with E-state index in [0.29, 0.717) is 29.2 Å². The number of hydrogen-bond donors (Lipinski definition) is 1. The molecule has 150 valence electrons. The first-order valence-corrected chi connectivity index (χ1v) is 10.6. The van der Waals surface area contributed by atoms with Crippen LogP contribution in [-0.2, 0) is 5.60 Å². The van der Waals surface area contributed by atoms with E-state index in [9.17, 15) is 9.90 Å². The lowest BCUT2D eigenvalue weighted by molar-refractivity contribution is 0.0874. The minimum Gasteiger partial charge on any atom is -0.376 e. The number of rotatable bonds is 3. The molecule has 1 N–H and O–H groups in total. The fraction of sp³-hybridized carbons (Fsp3) is 0.222. The minimum absolute atomic E-state index is 0.0817. The van der Waals surface area contributed by atoms with Crippen molar-refractivity contribution in [1.82, 2.24) is 0 Å². The van der Waals surface area contributed by atoms with Crippen LogP contribution in [0.2, 0.25) is 0 Å². The number of carbonyl (C=O) groups excluding carboxylic acids is 1. The summed E-state index contributed by atoms with van der Waals surface area (Å²) in [7, 11) is 0. The molecular formula is C27H25NO2. The monoisotopic (exact) mass is 395 g/mol. The number of anilines is 1. The van der Waals surface area contributed by atoms with Crippen LogP contribution in [0.5, 0.6) is 0 Å². The molecule has 0 saturated heterocycles. The third-order valence-electron chi connectivity index (χ3n) is 6.40. The van der Waals surface area contributed by atoms with E-state index >= 15 is 0 Å². The summed E-state index contributed by atoms with van der Waals surface area (Å²) in [5.41, 5.74) is 4.94. The van der Waals surface area contributed by atoms with Gasteiger partial charge in [-0.15, -0.1) is 0 Å². The van der Waals surface area contributed by atoms with Gasteiger partial charge in [0.25, 0.3) is 0 Å². The van der Waals surface area contributed by atoms with Gasteiger partial charge in [0.1, 0.15) is 5.60 Å². The summed E-state index contributed by atoms with van der Waals surface area (Å²) in [5.74, 6) is 0.245. The lowest BCUT2D eigenvalue weighted by Gasteiger charge is -2.41. The molecule has 3 aromatic rings. The molecule has 0 fully saturated rings. The topological polar surface area (TPSA) is 40.5 Å². The van der Waals surface area contributed by atoms with Gasteiger partial charge in [-0.05, 0) is 36.1 Å². The van der Waals surface area contributed by atoms with E-state index in [4.69, 9.17) is 0 Å². The van der Waals surface area contributed by atoms with E-state index in [2.05, 4.69) is 31.7 Å². The molecule has 30 heavy (non-hydrogen) atoms. The Hall–Kier alpha value is -3.17. The smallest absolute Gasteiger partial charge is 0.195 e. The highest BCUT2D eigenvalue weighted by Gasteiger charge is 2.51. The van der Waals surface area contributed by atoms with Gasteiger partial charge in [-0.2, -0.15) is 0 Å². The van der Waals surface area contributed by atoms with Gasteiger partial charge in [-0.25, -0.2) is 0 Å². The molecule has 1 unspecified atom stereocenters. The molecule has 3 heteroatoms. The molecule has 3 aromatic carbocycles. The van der Waals surface area contributed by atoms with Crippen LogP contribution < -0.4 is 4.90 Å². The van der Waals surface area contributed by atoms with Crippen molar-refractivity contribution < 1.29 is 9.90 Å². The molecule has 2 aliphatic rings. The Morgan fingerprint density at radius 3 is 2.33 bits per heavy atom. The summed E-state index contributed by atoms with van der Waals surface area (Å²) in [6, 6.07) is 23.6. The van der Waals surface area contributed by atoms with E-state index in [1.54, 1.807) is 0 Å². The van der Waals surface area contributed by atoms with Crippen LogP contribution in [-0.4, -0.2) is 17.4 Å². The summed E-state index contributed by atoms with van der Waals surface area (Å²) in [6.07, 6.45) is 0. The van der Waals surface area contributed by atoms with Crippen molar-refractivity contribution in [2.24, 2.45) is 0 Å². The molecule has 5 rings (SSSR count). The van der Waals surface area contributed by atoms with Crippen LogP contribution in [0.15, 0.2) is 78.4 Å². The Morgan fingerprint density at radius 1 is 0.933 bits per heavy atom. The number of Topliss-reactive ketones (excluding diaryl/α,β-unsaturated/α-hetero) is 1. The van der Waals surface area contributed by atoms with Crippen LogP contribution in [0.1, 0.15) is 59.3 Å². The van der Waals surface area contributed by atoms with Crippen molar-refractivity contribution in [3.8, 4) is 0 Å². The number of para-hydroxylation sites is 1. The van der Waals surface area contributed by atoms with Gasteiger partial charge in [-0.1, -0.05) is 74.5 Å². The van der Waals surface area contributed by atoms with Gasteiger partial charge in [0.15, 0.2) is 5.78 Å². The standard InChI is InChI=1S/C27H25NO2/c1-4-28-23-13-9-8-12-22(23)27(30,19-10-6-5-7-11-19)24-25(28)20-15-14-18(17(2)3)16-21(20)26(24)29/h5-17,30H,4H2,1-3H3. The van der Waals surface area contributed by atoms with Gasteiger partial charge in [0, 0.05) is 28.9 Å². The SMILES string of the molecule is CCN1C2=C(C(=O)c3cc(C(C)C)ccc32)C(O)(c2ccccc2)c2ccccc21. The van der Waals surface area contributed by atoms with Crippen LogP contribution >= 0.6 is 0 Å². The number of aliphatic hydroxyl groups is 1.